The summed E-state index contributed by atoms with van der Waals surface area (Å²) < 4.78 is 0. The van der Waals surface area contributed by atoms with Crippen LogP contribution in [0, 0.1) is 0 Å². The van der Waals surface area contributed by atoms with E-state index in [2.05, 4.69) is 43.3 Å². The van der Waals surface area contributed by atoms with E-state index in [4.69, 9.17) is 0 Å². The van der Waals surface area contributed by atoms with Gasteiger partial charge in [0.25, 0.3) is 0 Å². The van der Waals surface area contributed by atoms with E-state index < -0.39 is 0 Å². The SMILES string of the molecule is CCC(C)NCC(=O)Nc1nc(C(C)C)cs1. The van der Waals surface area contributed by atoms with Gasteiger partial charge in [-0.15, -0.1) is 11.3 Å². The lowest BCUT2D eigenvalue weighted by atomic mass is 10.2. The highest BCUT2D eigenvalue weighted by Gasteiger charge is 2.09. The fourth-order valence-corrected chi connectivity index (χ4v) is 2.07. The Kier molecular flexibility index (Phi) is 5.58. The molecule has 0 saturated carbocycles. The van der Waals surface area contributed by atoms with Crippen molar-refractivity contribution in [2.24, 2.45) is 0 Å². The van der Waals surface area contributed by atoms with Crippen LogP contribution in [0.25, 0.3) is 0 Å². The minimum atomic E-state index is -0.0324. The zero-order valence-corrected chi connectivity index (χ0v) is 11.7. The molecule has 0 bridgehead atoms. The van der Waals surface area contributed by atoms with Gasteiger partial charge in [-0.1, -0.05) is 20.8 Å². The normalized spacial score (nSPS) is 12.8. The van der Waals surface area contributed by atoms with Gasteiger partial charge in [0.15, 0.2) is 5.13 Å². The van der Waals surface area contributed by atoms with E-state index in [0.29, 0.717) is 23.6 Å². The summed E-state index contributed by atoms with van der Waals surface area (Å²) in [6, 6.07) is 0.364. The standard InChI is InChI=1S/C12H21N3OS/c1-5-9(4)13-6-11(16)15-12-14-10(7-17-12)8(2)3/h7-9,13H,5-6H2,1-4H3,(H,14,15,16). The van der Waals surface area contributed by atoms with Gasteiger partial charge in [0.1, 0.15) is 0 Å². The molecule has 1 aromatic rings. The van der Waals surface area contributed by atoms with Gasteiger partial charge in [-0.3, -0.25) is 4.79 Å². The number of hydrogen-bond acceptors (Lipinski definition) is 4. The minimum absolute atomic E-state index is 0.0324. The lowest BCUT2D eigenvalue weighted by molar-refractivity contribution is -0.115. The molecule has 0 aliphatic carbocycles. The molecule has 1 unspecified atom stereocenters. The summed E-state index contributed by atoms with van der Waals surface area (Å²) in [4.78, 5) is 16.0. The maximum Gasteiger partial charge on any atom is 0.240 e. The molecule has 0 fully saturated rings. The number of rotatable bonds is 6. The van der Waals surface area contributed by atoms with Gasteiger partial charge in [0.2, 0.25) is 5.91 Å². The average molecular weight is 255 g/mol. The van der Waals surface area contributed by atoms with Crippen molar-refractivity contribution in [3.63, 3.8) is 0 Å². The first-order valence-corrected chi connectivity index (χ1v) is 6.89. The predicted molar refractivity (Wildman–Crippen MR) is 72.6 cm³/mol. The molecule has 0 aromatic carbocycles. The zero-order valence-electron chi connectivity index (χ0n) is 10.9. The van der Waals surface area contributed by atoms with Crippen LogP contribution in [-0.4, -0.2) is 23.5 Å². The van der Waals surface area contributed by atoms with Crippen LogP contribution in [0.5, 0.6) is 0 Å². The third-order valence-electron chi connectivity index (χ3n) is 2.58. The molecular weight excluding hydrogens is 234 g/mol. The molecule has 5 heteroatoms. The Morgan fingerprint density at radius 1 is 1.47 bits per heavy atom. The van der Waals surface area contributed by atoms with Crippen LogP contribution >= 0.6 is 11.3 Å². The van der Waals surface area contributed by atoms with E-state index in [1.165, 1.54) is 11.3 Å². The number of aromatic nitrogens is 1. The first-order valence-electron chi connectivity index (χ1n) is 6.01. The molecule has 1 atom stereocenters. The molecule has 0 spiro atoms. The summed E-state index contributed by atoms with van der Waals surface area (Å²) in [5.41, 5.74) is 1.03. The molecule has 96 valence electrons. The van der Waals surface area contributed by atoms with Gasteiger partial charge in [-0.25, -0.2) is 4.98 Å². The Hall–Kier alpha value is -0.940. The molecule has 0 aliphatic heterocycles. The summed E-state index contributed by atoms with van der Waals surface area (Å²) in [5, 5.41) is 8.62. The van der Waals surface area contributed by atoms with Gasteiger partial charge < -0.3 is 10.6 Å². The molecular formula is C12H21N3OS. The summed E-state index contributed by atoms with van der Waals surface area (Å²) in [7, 11) is 0. The quantitative estimate of drug-likeness (QED) is 0.821. The summed E-state index contributed by atoms with van der Waals surface area (Å²) in [6.07, 6.45) is 1.02. The topological polar surface area (TPSA) is 54.0 Å². The average Bonchev–Trinajstić information content (AvgIpc) is 2.74. The van der Waals surface area contributed by atoms with Gasteiger partial charge >= 0.3 is 0 Å². The number of nitrogens with one attached hydrogen (secondary N) is 2. The Labute approximate surface area is 107 Å². The van der Waals surface area contributed by atoms with Crippen molar-refractivity contribution in [3.8, 4) is 0 Å². The van der Waals surface area contributed by atoms with E-state index in [1.807, 2.05) is 5.38 Å². The van der Waals surface area contributed by atoms with Gasteiger partial charge in [0, 0.05) is 11.4 Å². The van der Waals surface area contributed by atoms with E-state index in [1.54, 1.807) is 0 Å². The fraction of sp³-hybridized carbons (Fsp3) is 0.667. The molecule has 1 amide bonds. The zero-order chi connectivity index (χ0) is 12.8. The summed E-state index contributed by atoms with van der Waals surface area (Å²) in [6.45, 7) is 8.67. The van der Waals surface area contributed by atoms with E-state index in [9.17, 15) is 4.79 Å². The van der Waals surface area contributed by atoms with Crippen molar-refractivity contribution in [1.29, 1.82) is 0 Å². The molecule has 1 heterocycles. The van der Waals surface area contributed by atoms with E-state index in [0.717, 1.165) is 12.1 Å². The van der Waals surface area contributed by atoms with Crippen molar-refractivity contribution in [1.82, 2.24) is 10.3 Å². The lowest BCUT2D eigenvalue weighted by Gasteiger charge is -2.10. The molecule has 1 aromatic heterocycles. The first-order chi connectivity index (χ1) is 8.02. The summed E-state index contributed by atoms with van der Waals surface area (Å²) in [5.74, 6) is 0.366. The van der Waals surface area contributed by atoms with Crippen molar-refractivity contribution in [3.05, 3.63) is 11.1 Å². The summed E-state index contributed by atoms with van der Waals surface area (Å²) >= 11 is 1.48. The Bertz CT molecular complexity index is 362. The van der Waals surface area contributed by atoms with Crippen molar-refractivity contribution < 1.29 is 4.79 Å². The molecule has 2 N–H and O–H groups in total. The van der Waals surface area contributed by atoms with E-state index >= 15 is 0 Å². The van der Waals surface area contributed by atoms with Crippen molar-refractivity contribution >= 4 is 22.4 Å². The van der Waals surface area contributed by atoms with Gasteiger partial charge in [0.05, 0.1) is 12.2 Å². The fourth-order valence-electron chi connectivity index (χ4n) is 1.18. The number of nitrogens with zero attached hydrogens (tertiary/aromatic N) is 1. The van der Waals surface area contributed by atoms with Crippen LogP contribution in [0.15, 0.2) is 5.38 Å². The Balaban J connectivity index is 2.39. The van der Waals surface area contributed by atoms with Crippen LogP contribution in [-0.2, 0) is 4.79 Å². The van der Waals surface area contributed by atoms with Crippen molar-refractivity contribution in [2.45, 2.75) is 46.1 Å². The lowest BCUT2D eigenvalue weighted by Crippen LogP contribution is -2.33. The number of amides is 1. The number of thiazole rings is 1. The Morgan fingerprint density at radius 2 is 2.18 bits per heavy atom. The molecule has 0 radical (unpaired) electrons. The van der Waals surface area contributed by atoms with Crippen LogP contribution < -0.4 is 10.6 Å². The second kappa shape index (κ2) is 6.71. The van der Waals surface area contributed by atoms with Crippen LogP contribution in [0.2, 0.25) is 0 Å². The largest absolute Gasteiger partial charge is 0.306 e. The third-order valence-corrected chi connectivity index (χ3v) is 3.36. The number of hydrogen-bond donors (Lipinski definition) is 2. The molecule has 1 rings (SSSR count). The molecule has 0 saturated heterocycles. The smallest absolute Gasteiger partial charge is 0.240 e. The van der Waals surface area contributed by atoms with Gasteiger partial charge in [-0.05, 0) is 19.3 Å². The van der Waals surface area contributed by atoms with Gasteiger partial charge in [-0.2, -0.15) is 0 Å². The van der Waals surface area contributed by atoms with Crippen molar-refractivity contribution in [2.75, 3.05) is 11.9 Å². The van der Waals surface area contributed by atoms with E-state index in [-0.39, 0.29) is 5.91 Å². The highest BCUT2D eigenvalue weighted by atomic mass is 32.1. The monoisotopic (exact) mass is 255 g/mol. The van der Waals surface area contributed by atoms with Crippen LogP contribution in [0.1, 0.15) is 45.7 Å². The minimum Gasteiger partial charge on any atom is -0.306 e. The first kappa shape index (κ1) is 14.1. The number of anilines is 1. The maximum atomic E-state index is 11.6. The highest BCUT2D eigenvalue weighted by Crippen LogP contribution is 2.21. The molecule has 4 nitrogen and oxygen atoms in total. The number of carbonyl (C=O) groups excluding carboxylic acids is 1. The second-order valence-electron chi connectivity index (χ2n) is 4.47. The molecule has 0 aliphatic rings. The third kappa shape index (κ3) is 4.83. The Morgan fingerprint density at radius 3 is 2.71 bits per heavy atom. The number of carbonyl (C=O) groups is 1. The van der Waals surface area contributed by atoms with Crippen LogP contribution in [0.3, 0.4) is 0 Å². The molecule has 17 heavy (non-hydrogen) atoms. The second-order valence-corrected chi connectivity index (χ2v) is 5.33. The van der Waals surface area contributed by atoms with Crippen LogP contribution in [0.4, 0.5) is 5.13 Å². The highest BCUT2D eigenvalue weighted by molar-refractivity contribution is 7.13. The predicted octanol–water partition coefficient (Wildman–Crippen LogP) is 2.59. The maximum absolute atomic E-state index is 11.6.